The third-order valence-electron chi connectivity index (χ3n) is 4.48. The van der Waals surface area contributed by atoms with Crippen molar-refractivity contribution in [1.29, 1.82) is 0 Å². The van der Waals surface area contributed by atoms with E-state index in [1.54, 1.807) is 6.07 Å². The summed E-state index contributed by atoms with van der Waals surface area (Å²) in [5.74, 6) is -1.51. The second-order valence-corrected chi connectivity index (χ2v) is 8.01. The topological polar surface area (TPSA) is 87.7 Å². The minimum atomic E-state index is -1.15. The van der Waals surface area contributed by atoms with Gasteiger partial charge in [-0.25, -0.2) is 0 Å². The van der Waals surface area contributed by atoms with Gasteiger partial charge >= 0.3 is 5.97 Å². The van der Waals surface area contributed by atoms with Crippen molar-refractivity contribution in [2.75, 3.05) is 11.9 Å². The molecule has 0 heterocycles. The summed E-state index contributed by atoms with van der Waals surface area (Å²) < 4.78 is 5.77. The van der Waals surface area contributed by atoms with E-state index in [-0.39, 0.29) is 28.0 Å². The van der Waals surface area contributed by atoms with Crippen LogP contribution in [-0.2, 0) is 11.4 Å². The molecule has 2 aromatic rings. The number of carbonyl (C=O) groups is 2. The van der Waals surface area contributed by atoms with Crippen molar-refractivity contribution in [3.63, 3.8) is 0 Å². The number of anilines is 1. The highest BCUT2D eigenvalue weighted by Crippen LogP contribution is 2.35. The molecule has 1 aliphatic carbocycles. The lowest BCUT2D eigenvalue weighted by Crippen LogP contribution is -2.29. The van der Waals surface area contributed by atoms with Crippen LogP contribution in [0.5, 0.6) is 5.75 Å². The van der Waals surface area contributed by atoms with Gasteiger partial charge in [-0.05, 0) is 55.2 Å². The summed E-state index contributed by atoms with van der Waals surface area (Å²) >= 11 is 18.7. The van der Waals surface area contributed by atoms with Gasteiger partial charge in [0, 0.05) is 22.3 Å². The van der Waals surface area contributed by atoms with Crippen LogP contribution in [0.25, 0.3) is 0 Å². The van der Waals surface area contributed by atoms with Gasteiger partial charge in [-0.1, -0.05) is 34.8 Å². The zero-order valence-electron chi connectivity index (χ0n) is 15.3. The Bertz CT molecular complexity index is 909. The molecule has 2 aromatic carbocycles. The van der Waals surface area contributed by atoms with Gasteiger partial charge in [0.1, 0.15) is 13.2 Å². The molecule has 3 rings (SSSR count). The molecule has 0 atom stereocenters. The maximum absolute atomic E-state index is 12.0. The second-order valence-electron chi connectivity index (χ2n) is 6.75. The van der Waals surface area contributed by atoms with Gasteiger partial charge in [0.25, 0.3) is 5.91 Å². The molecule has 0 saturated heterocycles. The van der Waals surface area contributed by atoms with Gasteiger partial charge in [0.15, 0.2) is 5.75 Å². The molecule has 1 aliphatic rings. The number of hydrogen-bond donors (Lipinski definition) is 3. The molecule has 1 fully saturated rings. The number of amides is 1. The molecule has 154 valence electrons. The molecular weight excluding hydrogens is 439 g/mol. The first-order chi connectivity index (χ1) is 13.8. The van der Waals surface area contributed by atoms with Crippen molar-refractivity contribution in [2.45, 2.75) is 31.9 Å². The summed E-state index contributed by atoms with van der Waals surface area (Å²) in [6.07, 6.45) is 3.53. The third-order valence-corrected chi connectivity index (χ3v) is 5.26. The lowest BCUT2D eigenvalue weighted by molar-refractivity contribution is -0.135. The molecule has 1 amide bonds. The van der Waals surface area contributed by atoms with Gasteiger partial charge in [-0.2, -0.15) is 0 Å². The average molecular weight is 458 g/mol. The Morgan fingerprint density at radius 1 is 1.07 bits per heavy atom. The van der Waals surface area contributed by atoms with Gasteiger partial charge in [0.05, 0.1) is 10.0 Å². The maximum atomic E-state index is 12.0. The molecule has 1 saturated carbocycles. The highest BCUT2D eigenvalue weighted by molar-refractivity contribution is 6.37. The Kier molecular flexibility index (Phi) is 7.11. The minimum absolute atomic E-state index is 0.142. The number of aliphatic carboxylic acids is 1. The van der Waals surface area contributed by atoms with Crippen molar-refractivity contribution in [2.24, 2.45) is 0 Å². The number of nitrogens with one attached hydrogen (secondary N) is 2. The highest BCUT2D eigenvalue weighted by Gasteiger charge is 2.18. The maximum Gasteiger partial charge on any atom is 0.322 e. The summed E-state index contributed by atoms with van der Waals surface area (Å²) in [4.78, 5) is 22.6. The first-order valence-electron chi connectivity index (χ1n) is 8.99. The predicted octanol–water partition coefficient (Wildman–Crippen LogP) is 5.00. The zero-order chi connectivity index (χ0) is 21.0. The first-order valence-corrected chi connectivity index (χ1v) is 10.1. The number of halogens is 3. The van der Waals surface area contributed by atoms with E-state index in [2.05, 4.69) is 10.6 Å². The summed E-state index contributed by atoms with van der Waals surface area (Å²) in [5, 5.41) is 15.2. The molecule has 0 aromatic heterocycles. The fourth-order valence-corrected chi connectivity index (χ4v) is 3.70. The molecule has 29 heavy (non-hydrogen) atoms. The van der Waals surface area contributed by atoms with Crippen LogP contribution in [0.4, 0.5) is 5.69 Å². The lowest BCUT2D eigenvalue weighted by atomic mass is 9.93. The SMILES string of the molecule is O=C(O)CNC(=O)c1cc(Cl)c(OCc2cc(Cl)cc(NC3CCC3)c2)c(Cl)c1. The average Bonchev–Trinajstić information content (AvgIpc) is 2.61. The number of ether oxygens (including phenoxy) is 1. The summed E-state index contributed by atoms with van der Waals surface area (Å²) in [7, 11) is 0. The molecule has 0 bridgehead atoms. The Hall–Kier alpha value is -2.15. The lowest BCUT2D eigenvalue weighted by Gasteiger charge is -2.27. The van der Waals surface area contributed by atoms with Gasteiger partial charge in [0.2, 0.25) is 0 Å². The summed E-state index contributed by atoms with van der Waals surface area (Å²) in [5.41, 5.74) is 1.92. The standard InChI is InChI=1S/C20H19Cl3N2O4/c21-13-4-11(5-15(8-13)25-14-2-1-3-14)10-29-19-16(22)6-12(7-17(19)23)20(28)24-9-18(26)27/h4-8,14,25H,1-3,9-10H2,(H,24,28)(H,26,27). The van der Waals surface area contributed by atoms with E-state index in [1.165, 1.54) is 18.6 Å². The minimum Gasteiger partial charge on any atom is -0.486 e. The van der Waals surface area contributed by atoms with Crippen LogP contribution in [0, 0.1) is 0 Å². The zero-order valence-corrected chi connectivity index (χ0v) is 17.6. The number of rotatable bonds is 8. The molecule has 0 spiro atoms. The number of hydrogen-bond acceptors (Lipinski definition) is 4. The van der Waals surface area contributed by atoms with Crippen LogP contribution in [-0.4, -0.2) is 29.6 Å². The highest BCUT2D eigenvalue weighted by atomic mass is 35.5. The van der Waals surface area contributed by atoms with Crippen molar-refractivity contribution in [3.05, 3.63) is 56.5 Å². The van der Waals surface area contributed by atoms with Crippen LogP contribution in [0.15, 0.2) is 30.3 Å². The fourth-order valence-electron chi connectivity index (χ4n) is 2.85. The second kappa shape index (κ2) is 9.57. The van der Waals surface area contributed by atoms with Gasteiger partial charge < -0.3 is 20.5 Å². The quantitative estimate of drug-likeness (QED) is 0.519. The van der Waals surface area contributed by atoms with E-state index in [0.717, 1.165) is 24.1 Å². The van der Waals surface area contributed by atoms with Crippen molar-refractivity contribution >= 4 is 52.4 Å². The molecule has 0 aliphatic heterocycles. The molecule has 6 nitrogen and oxygen atoms in total. The number of benzene rings is 2. The van der Waals surface area contributed by atoms with Crippen LogP contribution in [0.1, 0.15) is 35.2 Å². The Morgan fingerprint density at radius 3 is 2.34 bits per heavy atom. The van der Waals surface area contributed by atoms with Crippen molar-refractivity contribution in [1.82, 2.24) is 5.32 Å². The van der Waals surface area contributed by atoms with Crippen LogP contribution >= 0.6 is 34.8 Å². The Balaban J connectivity index is 1.68. The monoisotopic (exact) mass is 456 g/mol. The number of carboxylic acids is 1. The van der Waals surface area contributed by atoms with Crippen LogP contribution in [0.3, 0.4) is 0 Å². The van der Waals surface area contributed by atoms with Crippen LogP contribution in [0.2, 0.25) is 15.1 Å². The van der Waals surface area contributed by atoms with E-state index < -0.39 is 18.4 Å². The van der Waals surface area contributed by atoms with E-state index in [9.17, 15) is 9.59 Å². The van der Waals surface area contributed by atoms with Crippen molar-refractivity contribution < 1.29 is 19.4 Å². The normalized spacial score (nSPS) is 13.5. The Labute approximate surface area is 183 Å². The van der Waals surface area contributed by atoms with Crippen molar-refractivity contribution in [3.8, 4) is 5.75 Å². The fraction of sp³-hybridized carbons (Fsp3) is 0.300. The summed E-state index contributed by atoms with van der Waals surface area (Å²) in [6.45, 7) is -0.317. The molecule has 0 radical (unpaired) electrons. The van der Waals surface area contributed by atoms with E-state index >= 15 is 0 Å². The van der Waals surface area contributed by atoms with Gasteiger partial charge in [-0.3, -0.25) is 9.59 Å². The van der Waals surface area contributed by atoms with E-state index in [0.29, 0.717) is 11.1 Å². The molecule has 9 heteroatoms. The number of carboxylic acid groups (broad SMARTS) is 1. The largest absolute Gasteiger partial charge is 0.486 e. The van der Waals surface area contributed by atoms with Gasteiger partial charge in [-0.15, -0.1) is 0 Å². The van der Waals surface area contributed by atoms with E-state index in [4.69, 9.17) is 44.6 Å². The summed E-state index contributed by atoms with van der Waals surface area (Å²) in [6, 6.07) is 8.85. The van der Waals surface area contributed by atoms with E-state index in [1.807, 2.05) is 12.1 Å². The third kappa shape index (κ3) is 5.92. The van der Waals surface area contributed by atoms with Crippen LogP contribution < -0.4 is 15.4 Å². The number of carbonyl (C=O) groups excluding carboxylic acids is 1. The molecular formula is C20H19Cl3N2O4. The predicted molar refractivity (Wildman–Crippen MR) is 113 cm³/mol. The first kappa shape index (κ1) is 21.6. The molecule has 0 unspecified atom stereocenters. The smallest absolute Gasteiger partial charge is 0.322 e. The Morgan fingerprint density at radius 2 is 1.76 bits per heavy atom. The molecule has 3 N–H and O–H groups in total.